The van der Waals surface area contributed by atoms with Crippen LogP contribution in [0, 0.1) is 0 Å². The number of hydrogen-bond donors (Lipinski definition) is 2. The number of likely N-dealkylation sites (tertiary alicyclic amines) is 1. The molecule has 2 unspecified atom stereocenters. The van der Waals surface area contributed by atoms with E-state index in [-0.39, 0.29) is 35.8 Å². The fourth-order valence-electron chi connectivity index (χ4n) is 7.74. The second-order valence-electron chi connectivity index (χ2n) is 14.3. The smallest absolute Gasteiger partial charge is 0.262 e. The molecule has 0 radical (unpaired) electrons. The first-order valence-electron chi connectivity index (χ1n) is 19.1. The molecular weight excluding hydrogens is 723 g/mol. The normalized spacial score (nSPS) is 18.6. The Kier molecular flexibility index (Phi) is 10.6. The van der Waals surface area contributed by atoms with Crippen molar-refractivity contribution in [1.29, 1.82) is 0 Å². The Labute approximate surface area is 329 Å². The summed E-state index contributed by atoms with van der Waals surface area (Å²) in [6.07, 6.45) is 4.88. The lowest BCUT2D eigenvalue weighted by atomic mass is 9.88. The fraction of sp³-hybridized carbons (Fsp3) is 0.244. The summed E-state index contributed by atoms with van der Waals surface area (Å²) in [5.41, 5.74) is 7.08. The highest BCUT2D eigenvalue weighted by Gasteiger charge is 2.44. The van der Waals surface area contributed by atoms with Gasteiger partial charge in [-0.1, -0.05) is 67.6 Å². The molecule has 12 heteroatoms. The molecule has 288 valence electrons. The molecule has 2 atom stereocenters. The zero-order chi connectivity index (χ0) is 39.5. The number of imide groups is 2. The number of allylic oxidation sites excluding steroid dienone is 1. The third-order valence-electron chi connectivity index (χ3n) is 10.6. The van der Waals surface area contributed by atoms with Crippen molar-refractivity contribution in [1.82, 2.24) is 25.1 Å². The largest absolute Gasteiger partial charge is 0.508 e. The second-order valence-corrected chi connectivity index (χ2v) is 14.3. The lowest BCUT2D eigenvalue weighted by Gasteiger charge is -2.27. The highest BCUT2D eigenvalue weighted by atomic mass is 16.5. The number of carbonyl (C=O) groups is 4. The number of piperidine rings is 1. The summed E-state index contributed by atoms with van der Waals surface area (Å²) >= 11 is 0. The number of carbonyl (C=O) groups excluding carboxylic acids is 4. The van der Waals surface area contributed by atoms with Gasteiger partial charge < -0.3 is 14.6 Å². The molecule has 8 rings (SSSR count). The molecular formula is C45H41N5O7. The predicted molar refractivity (Wildman–Crippen MR) is 212 cm³/mol. The number of phenolic OH excluding ortho intramolecular Hbond substituents is 1. The molecule has 4 heterocycles. The van der Waals surface area contributed by atoms with Gasteiger partial charge in [-0.15, -0.1) is 0 Å². The molecule has 3 aliphatic heterocycles. The summed E-state index contributed by atoms with van der Waals surface area (Å²) in [6.45, 7) is 4.99. The molecule has 5 aromatic rings. The minimum atomic E-state index is -1.03. The maximum Gasteiger partial charge on any atom is 0.262 e. The Morgan fingerprint density at radius 2 is 1.56 bits per heavy atom. The number of amides is 4. The van der Waals surface area contributed by atoms with Crippen molar-refractivity contribution in [3.8, 4) is 28.6 Å². The number of hydrogen-bond acceptors (Lipinski definition) is 10. The van der Waals surface area contributed by atoms with Gasteiger partial charge in [-0.25, -0.2) is 9.97 Å². The summed E-state index contributed by atoms with van der Waals surface area (Å²) in [5, 5.41) is 12.2. The molecule has 57 heavy (non-hydrogen) atoms. The standard InChI is InChI=1S/C45H41N5O7/c1-2-35(28-6-4-3-5-7-28)42(29-8-13-32(51)14-9-29)30-10-15-33(16-11-30)56-23-22-49-21-20-34(27-49)57-41-26-46-38(25-47-41)31-12-17-36-37(24-31)45(55)50(44(36)54)39-18-19-40(52)48-43(39)53/h3-17,24-26,34,39,51H,2,18-23,27H2,1H3,(H,48,52,53)/b42-35-. The molecule has 3 aliphatic rings. The predicted octanol–water partition coefficient (Wildman–Crippen LogP) is 6.15. The van der Waals surface area contributed by atoms with E-state index >= 15 is 0 Å². The summed E-state index contributed by atoms with van der Waals surface area (Å²) in [7, 11) is 0. The Hall–Kier alpha value is -6.66. The first-order valence-corrected chi connectivity index (χ1v) is 19.1. The van der Waals surface area contributed by atoms with Crippen LogP contribution in [0.15, 0.2) is 109 Å². The van der Waals surface area contributed by atoms with Gasteiger partial charge in [0, 0.05) is 31.6 Å². The Morgan fingerprint density at radius 1 is 0.825 bits per heavy atom. The number of nitrogens with one attached hydrogen (secondary N) is 1. The SMILES string of the molecule is CC/C(=C(\c1ccc(O)cc1)c1ccc(OCCN2CCC(Oc3cnc(-c4ccc5c(c4)C(=O)N(C4CCC(=O)NC4=O)C5=O)cn3)C2)cc1)c1ccccc1. The fourth-order valence-corrected chi connectivity index (χ4v) is 7.74. The van der Waals surface area contributed by atoms with Crippen molar-refractivity contribution < 1.29 is 33.8 Å². The van der Waals surface area contributed by atoms with E-state index in [1.165, 1.54) is 5.57 Å². The summed E-state index contributed by atoms with van der Waals surface area (Å²) in [6, 6.07) is 29.7. The Morgan fingerprint density at radius 3 is 2.26 bits per heavy atom. The first-order chi connectivity index (χ1) is 27.7. The van der Waals surface area contributed by atoms with Gasteiger partial charge in [0.05, 0.1) is 29.2 Å². The minimum absolute atomic E-state index is 0.0573. The highest BCUT2D eigenvalue weighted by Crippen LogP contribution is 2.36. The van der Waals surface area contributed by atoms with Crippen molar-refractivity contribution >= 4 is 34.8 Å². The van der Waals surface area contributed by atoms with Gasteiger partial charge in [0.2, 0.25) is 17.7 Å². The van der Waals surface area contributed by atoms with Crippen LogP contribution in [0.1, 0.15) is 70.0 Å². The number of phenols is 1. The first kappa shape index (κ1) is 37.3. The average Bonchev–Trinajstić information content (AvgIpc) is 3.78. The highest BCUT2D eigenvalue weighted by molar-refractivity contribution is 6.23. The van der Waals surface area contributed by atoms with Gasteiger partial charge >= 0.3 is 0 Å². The van der Waals surface area contributed by atoms with E-state index in [0.29, 0.717) is 23.7 Å². The Balaban J connectivity index is 0.847. The molecule has 12 nitrogen and oxygen atoms in total. The molecule has 4 aromatic carbocycles. The lowest BCUT2D eigenvalue weighted by Crippen LogP contribution is -2.54. The van der Waals surface area contributed by atoms with Gasteiger partial charge in [0.15, 0.2) is 0 Å². The van der Waals surface area contributed by atoms with Crippen LogP contribution in [0.3, 0.4) is 0 Å². The molecule has 0 spiro atoms. The second kappa shape index (κ2) is 16.2. The van der Waals surface area contributed by atoms with Crippen LogP contribution < -0.4 is 14.8 Å². The van der Waals surface area contributed by atoms with Crippen LogP contribution in [0.4, 0.5) is 0 Å². The van der Waals surface area contributed by atoms with Crippen LogP contribution in [-0.4, -0.2) is 86.9 Å². The van der Waals surface area contributed by atoms with Crippen LogP contribution >= 0.6 is 0 Å². The van der Waals surface area contributed by atoms with Crippen molar-refractivity contribution in [3.63, 3.8) is 0 Å². The Bertz CT molecular complexity index is 2350. The summed E-state index contributed by atoms with van der Waals surface area (Å²) in [5.74, 6) is -0.801. The molecule has 0 saturated carbocycles. The van der Waals surface area contributed by atoms with Crippen LogP contribution in [0.2, 0.25) is 0 Å². The molecule has 0 aliphatic carbocycles. The van der Waals surface area contributed by atoms with E-state index in [0.717, 1.165) is 65.4 Å². The van der Waals surface area contributed by atoms with E-state index in [2.05, 4.69) is 51.4 Å². The zero-order valence-electron chi connectivity index (χ0n) is 31.4. The number of rotatable bonds is 12. The number of aromatic hydroxyl groups is 1. The van der Waals surface area contributed by atoms with Crippen molar-refractivity contribution in [3.05, 3.63) is 137 Å². The van der Waals surface area contributed by atoms with Gasteiger partial charge in [0.25, 0.3) is 11.8 Å². The number of ether oxygens (including phenoxy) is 2. The van der Waals surface area contributed by atoms with Crippen molar-refractivity contribution in [2.45, 2.75) is 44.8 Å². The van der Waals surface area contributed by atoms with Gasteiger partial charge in [-0.2, -0.15) is 0 Å². The summed E-state index contributed by atoms with van der Waals surface area (Å²) in [4.78, 5) is 62.5. The third kappa shape index (κ3) is 7.90. The molecule has 4 amide bonds. The third-order valence-corrected chi connectivity index (χ3v) is 10.6. The zero-order valence-corrected chi connectivity index (χ0v) is 31.4. The van der Waals surface area contributed by atoms with Crippen molar-refractivity contribution in [2.75, 3.05) is 26.2 Å². The molecule has 1 aromatic heterocycles. The van der Waals surface area contributed by atoms with Gasteiger partial charge in [0.1, 0.15) is 30.3 Å². The topological polar surface area (TPSA) is 151 Å². The van der Waals surface area contributed by atoms with Gasteiger partial charge in [-0.3, -0.25) is 34.3 Å². The lowest BCUT2D eigenvalue weighted by molar-refractivity contribution is -0.136. The van der Waals surface area contributed by atoms with Crippen LogP contribution in [-0.2, 0) is 9.59 Å². The van der Waals surface area contributed by atoms with E-state index in [1.807, 2.05) is 42.5 Å². The molecule has 2 N–H and O–H groups in total. The van der Waals surface area contributed by atoms with Gasteiger partial charge in [-0.05, 0) is 83.5 Å². The molecule has 2 saturated heterocycles. The monoisotopic (exact) mass is 763 g/mol. The van der Waals surface area contributed by atoms with E-state index in [1.54, 1.807) is 42.7 Å². The number of aromatic nitrogens is 2. The minimum Gasteiger partial charge on any atom is -0.508 e. The van der Waals surface area contributed by atoms with Crippen LogP contribution in [0.25, 0.3) is 22.4 Å². The van der Waals surface area contributed by atoms with Crippen molar-refractivity contribution in [2.24, 2.45) is 0 Å². The maximum absolute atomic E-state index is 13.3. The number of benzene rings is 4. The number of fused-ring (bicyclic) bond motifs is 1. The quantitative estimate of drug-likeness (QED) is 0.112. The maximum atomic E-state index is 13.3. The van der Waals surface area contributed by atoms with E-state index in [9.17, 15) is 24.3 Å². The molecule has 0 bridgehead atoms. The molecule has 2 fully saturated rings. The number of nitrogens with zero attached hydrogens (tertiary/aromatic N) is 4. The van der Waals surface area contributed by atoms with E-state index < -0.39 is 29.7 Å². The van der Waals surface area contributed by atoms with Crippen LogP contribution in [0.5, 0.6) is 17.4 Å². The average molecular weight is 764 g/mol. The summed E-state index contributed by atoms with van der Waals surface area (Å²) < 4.78 is 12.3. The van der Waals surface area contributed by atoms with E-state index in [4.69, 9.17) is 9.47 Å².